The van der Waals surface area contributed by atoms with Gasteiger partial charge in [-0.05, 0) is 65.5 Å². The summed E-state index contributed by atoms with van der Waals surface area (Å²) in [6.07, 6.45) is 1.12. The Kier molecular flexibility index (Phi) is 6.01. The quantitative estimate of drug-likeness (QED) is 0.745. The van der Waals surface area contributed by atoms with Gasteiger partial charge in [0.1, 0.15) is 5.75 Å². The molecule has 0 saturated carbocycles. The highest BCUT2D eigenvalue weighted by atomic mass is 79.9. The maximum absolute atomic E-state index is 11.9. The van der Waals surface area contributed by atoms with E-state index in [0.717, 1.165) is 21.5 Å². The summed E-state index contributed by atoms with van der Waals surface area (Å²) in [5.41, 5.74) is 3.16. The summed E-state index contributed by atoms with van der Waals surface area (Å²) in [5, 5.41) is 2.89. The largest absolute Gasteiger partial charge is 0.493 e. The fourth-order valence-corrected chi connectivity index (χ4v) is 2.45. The van der Waals surface area contributed by atoms with Gasteiger partial charge in [-0.1, -0.05) is 24.3 Å². The van der Waals surface area contributed by atoms with E-state index in [-0.39, 0.29) is 5.91 Å². The van der Waals surface area contributed by atoms with Crippen LogP contribution >= 0.6 is 15.9 Å². The lowest BCUT2D eigenvalue weighted by atomic mass is 10.1. The Morgan fingerprint density at radius 1 is 1.14 bits per heavy atom. The molecule has 0 aliphatic rings. The lowest BCUT2D eigenvalue weighted by molar-refractivity contribution is -0.116. The van der Waals surface area contributed by atoms with Crippen LogP contribution in [0.2, 0.25) is 0 Å². The lowest BCUT2D eigenvalue weighted by Gasteiger charge is -2.11. The first-order chi connectivity index (χ1) is 10.6. The van der Waals surface area contributed by atoms with Crippen LogP contribution in [0, 0.1) is 13.8 Å². The summed E-state index contributed by atoms with van der Waals surface area (Å²) in [6, 6.07) is 13.6. The molecule has 1 N–H and O–H groups in total. The van der Waals surface area contributed by atoms with Gasteiger partial charge in [-0.15, -0.1) is 0 Å². The number of carbonyl (C=O) groups excluding carboxylic acids is 1. The van der Waals surface area contributed by atoms with Crippen molar-refractivity contribution in [3.05, 3.63) is 58.1 Å². The van der Waals surface area contributed by atoms with Gasteiger partial charge in [-0.2, -0.15) is 0 Å². The molecule has 0 spiro atoms. The third kappa shape index (κ3) is 4.60. The molecule has 0 bridgehead atoms. The van der Waals surface area contributed by atoms with E-state index in [9.17, 15) is 4.79 Å². The summed E-state index contributed by atoms with van der Waals surface area (Å²) in [4.78, 5) is 11.9. The van der Waals surface area contributed by atoms with Gasteiger partial charge in [0, 0.05) is 10.9 Å². The molecule has 22 heavy (non-hydrogen) atoms. The standard InChI is InChI=1S/C18H20BrNO2/c1-13-7-5-10-17(14(13)2)22-12-6-11-18(21)20-16-9-4-3-8-15(16)19/h3-5,7-10H,6,11-12H2,1-2H3,(H,20,21). The van der Waals surface area contributed by atoms with Crippen LogP contribution in [0.15, 0.2) is 46.9 Å². The molecule has 116 valence electrons. The maximum atomic E-state index is 11.9. The molecular formula is C18H20BrNO2. The highest BCUT2D eigenvalue weighted by molar-refractivity contribution is 9.10. The number of aryl methyl sites for hydroxylation is 1. The zero-order valence-corrected chi connectivity index (χ0v) is 14.4. The van der Waals surface area contributed by atoms with Crippen molar-refractivity contribution >= 4 is 27.5 Å². The fraction of sp³-hybridized carbons (Fsp3) is 0.278. The molecule has 1 amide bonds. The number of para-hydroxylation sites is 1. The fourth-order valence-electron chi connectivity index (χ4n) is 2.07. The van der Waals surface area contributed by atoms with Gasteiger partial charge in [0.05, 0.1) is 12.3 Å². The van der Waals surface area contributed by atoms with Gasteiger partial charge in [0.15, 0.2) is 0 Å². The molecular weight excluding hydrogens is 342 g/mol. The molecule has 2 rings (SSSR count). The average Bonchev–Trinajstić information content (AvgIpc) is 2.50. The number of rotatable bonds is 6. The van der Waals surface area contributed by atoms with Crippen molar-refractivity contribution in [1.29, 1.82) is 0 Å². The van der Waals surface area contributed by atoms with Crippen molar-refractivity contribution in [2.75, 3.05) is 11.9 Å². The van der Waals surface area contributed by atoms with Crippen molar-refractivity contribution in [2.45, 2.75) is 26.7 Å². The number of benzene rings is 2. The van der Waals surface area contributed by atoms with Crippen LogP contribution in [0.1, 0.15) is 24.0 Å². The van der Waals surface area contributed by atoms with Crippen molar-refractivity contribution in [2.24, 2.45) is 0 Å². The van der Waals surface area contributed by atoms with Crippen LogP contribution in [0.25, 0.3) is 0 Å². The SMILES string of the molecule is Cc1cccc(OCCCC(=O)Nc2ccccc2Br)c1C. The summed E-state index contributed by atoms with van der Waals surface area (Å²) in [5.74, 6) is 0.891. The van der Waals surface area contributed by atoms with E-state index in [1.54, 1.807) is 0 Å². The zero-order valence-electron chi connectivity index (χ0n) is 12.9. The minimum atomic E-state index is -0.00327. The predicted octanol–water partition coefficient (Wildman–Crippen LogP) is 4.86. The second kappa shape index (κ2) is 7.99. The van der Waals surface area contributed by atoms with Gasteiger partial charge in [0.25, 0.3) is 0 Å². The average molecular weight is 362 g/mol. The van der Waals surface area contributed by atoms with Crippen molar-refractivity contribution < 1.29 is 9.53 Å². The van der Waals surface area contributed by atoms with Crippen LogP contribution in [0.5, 0.6) is 5.75 Å². The summed E-state index contributed by atoms with van der Waals surface area (Å²) >= 11 is 3.41. The van der Waals surface area contributed by atoms with Crippen LogP contribution in [0.4, 0.5) is 5.69 Å². The van der Waals surface area contributed by atoms with Crippen LogP contribution < -0.4 is 10.1 Å². The second-order valence-electron chi connectivity index (χ2n) is 5.18. The van der Waals surface area contributed by atoms with Crippen molar-refractivity contribution in [3.63, 3.8) is 0 Å². The van der Waals surface area contributed by atoms with Gasteiger partial charge >= 0.3 is 0 Å². The Bertz CT molecular complexity index is 655. The minimum Gasteiger partial charge on any atom is -0.493 e. The predicted molar refractivity (Wildman–Crippen MR) is 93.4 cm³/mol. The van der Waals surface area contributed by atoms with Crippen LogP contribution in [-0.2, 0) is 4.79 Å². The zero-order chi connectivity index (χ0) is 15.9. The van der Waals surface area contributed by atoms with E-state index < -0.39 is 0 Å². The summed E-state index contributed by atoms with van der Waals surface area (Å²) in [6.45, 7) is 4.64. The number of amides is 1. The maximum Gasteiger partial charge on any atom is 0.224 e. The van der Waals surface area contributed by atoms with Crippen molar-refractivity contribution in [1.82, 2.24) is 0 Å². The van der Waals surface area contributed by atoms with E-state index in [1.165, 1.54) is 5.56 Å². The molecule has 0 aliphatic heterocycles. The minimum absolute atomic E-state index is 0.00327. The molecule has 0 aromatic heterocycles. The third-order valence-corrected chi connectivity index (χ3v) is 4.20. The molecule has 0 fully saturated rings. The highest BCUT2D eigenvalue weighted by Crippen LogP contribution is 2.22. The molecule has 0 aliphatic carbocycles. The normalized spacial score (nSPS) is 10.3. The Morgan fingerprint density at radius 2 is 1.91 bits per heavy atom. The Morgan fingerprint density at radius 3 is 2.68 bits per heavy atom. The molecule has 4 heteroatoms. The number of carbonyl (C=O) groups is 1. The van der Waals surface area contributed by atoms with E-state index in [2.05, 4.69) is 34.2 Å². The Hall–Kier alpha value is -1.81. The van der Waals surface area contributed by atoms with Crippen LogP contribution in [-0.4, -0.2) is 12.5 Å². The molecule has 2 aromatic rings. The third-order valence-electron chi connectivity index (χ3n) is 3.51. The number of halogens is 1. The molecule has 0 heterocycles. The van der Waals surface area contributed by atoms with Gasteiger partial charge < -0.3 is 10.1 Å². The smallest absolute Gasteiger partial charge is 0.224 e. The number of hydrogen-bond acceptors (Lipinski definition) is 2. The first kappa shape index (κ1) is 16.6. The number of nitrogens with one attached hydrogen (secondary N) is 1. The van der Waals surface area contributed by atoms with Crippen molar-refractivity contribution in [3.8, 4) is 5.75 Å². The van der Waals surface area contributed by atoms with Gasteiger partial charge in [-0.3, -0.25) is 4.79 Å². The molecule has 2 aromatic carbocycles. The molecule has 3 nitrogen and oxygen atoms in total. The molecule has 0 radical (unpaired) electrons. The monoisotopic (exact) mass is 361 g/mol. The lowest BCUT2D eigenvalue weighted by Crippen LogP contribution is -2.13. The first-order valence-electron chi connectivity index (χ1n) is 7.31. The number of hydrogen-bond donors (Lipinski definition) is 1. The topological polar surface area (TPSA) is 38.3 Å². The summed E-state index contributed by atoms with van der Waals surface area (Å²) < 4.78 is 6.64. The highest BCUT2D eigenvalue weighted by Gasteiger charge is 2.06. The van der Waals surface area contributed by atoms with Crippen LogP contribution in [0.3, 0.4) is 0 Å². The molecule has 0 atom stereocenters. The molecule has 0 unspecified atom stereocenters. The Labute approximate surface area is 139 Å². The first-order valence-corrected chi connectivity index (χ1v) is 8.10. The van der Waals surface area contributed by atoms with Gasteiger partial charge in [0.2, 0.25) is 5.91 Å². The van der Waals surface area contributed by atoms with E-state index in [4.69, 9.17) is 4.74 Å². The molecule has 0 saturated heterocycles. The summed E-state index contributed by atoms with van der Waals surface area (Å²) in [7, 11) is 0. The van der Waals surface area contributed by atoms with E-state index in [1.807, 2.05) is 43.3 Å². The van der Waals surface area contributed by atoms with E-state index >= 15 is 0 Å². The Balaban J connectivity index is 1.76. The second-order valence-corrected chi connectivity index (χ2v) is 6.03. The number of anilines is 1. The van der Waals surface area contributed by atoms with Gasteiger partial charge in [-0.25, -0.2) is 0 Å². The number of ether oxygens (including phenoxy) is 1. The van der Waals surface area contributed by atoms with E-state index in [0.29, 0.717) is 19.4 Å².